The monoisotopic (exact) mass is 476 g/mol. The molecule has 30 heavy (non-hydrogen) atoms. The summed E-state index contributed by atoms with van der Waals surface area (Å²) < 4.78 is 12.6. The van der Waals surface area contributed by atoms with Crippen LogP contribution in [0.5, 0.6) is 11.5 Å². The van der Waals surface area contributed by atoms with Crippen LogP contribution < -0.4 is 9.47 Å². The van der Waals surface area contributed by atoms with Crippen LogP contribution in [0.15, 0.2) is 30.3 Å². The summed E-state index contributed by atoms with van der Waals surface area (Å²) in [5, 5.41) is 3.46. The summed E-state index contributed by atoms with van der Waals surface area (Å²) >= 11 is 3.50. The molecule has 0 aromatic heterocycles. The van der Waals surface area contributed by atoms with E-state index in [1.54, 1.807) is 0 Å². The molecule has 0 bridgehead atoms. The number of ether oxygens (including phenoxy) is 2. The van der Waals surface area contributed by atoms with Gasteiger partial charge in [0.15, 0.2) is 0 Å². The van der Waals surface area contributed by atoms with Gasteiger partial charge in [0.2, 0.25) is 0 Å². The Kier molecular flexibility index (Phi) is 12.3. The molecule has 0 aliphatic carbocycles. The molecule has 0 saturated carbocycles. The van der Waals surface area contributed by atoms with Crippen molar-refractivity contribution in [1.29, 1.82) is 0 Å². The van der Waals surface area contributed by atoms with Crippen LogP contribution in [0, 0.1) is 12.8 Å². The largest absolute Gasteiger partial charge is 0.493 e. The first-order chi connectivity index (χ1) is 14.7. The molecule has 0 heterocycles. The highest BCUT2D eigenvalue weighted by atomic mass is 79.9. The zero-order valence-electron chi connectivity index (χ0n) is 19.4. The van der Waals surface area contributed by atoms with Crippen molar-refractivity contribution in [1.82, 2.24) is 0 Å². The summed E-state index contributed by atoms with van der Waals surface area (Å²) in [6.45, 7) is 8.27. The number of rotatable bonds is 16. The lowest BCUT2D eigenvalue weighted by atomic mass is 10.00. The van der Waals surface area contributed by atoms with Crippen LogP contribution in [0.25, 0.3) is 10.8 Å². The fraction of sp³-hybridized carbons (Fsp3) is 0.630. The van der Waals surface area contributed by atoms with Crippen LogP contribution in [-0.2, 0) is 0 Å². The van der Waals surface area contributed by atoms with Crippen LogP contribution in [0.2, 0.25) is 0 Å². The van der Waals surface area contributed by atoms with Gasteiger partial charge >= 0.3 is 0 Å². The lowest BCUT2D eigenvalue weighted by molar-refractivity contribution is 0.234. The second-order valence-corrected chi connectivity index (χ2v) is 9.25. The summed E-state index contributed by atoms with van der Waals surface area (Å²) in [4.78, 5) is 0. The van der Waals surface area contributed by atoms with Crippen molar-refractivity contribution in [3.05, 3.63) is 35.9 Å². The molecule has 0 fully saturated rings. The summed E-state index contributed by atoms with van der Waals surface area (Å²) in [5.74, 6) is 2.65. The maximum atomic E-state index is 6.39. The smallest absolute Gasteiger partial charge is 0.130 e. The Balaban J connectivity index is 1.98. The molecule has 3 heteroatoms. The molecule has 0 spiro atoms. The molecule has 2 aromatic carbocycles. The Morgan fingerprint density at radius 1 is 0.867 bits per heavy atom. The zero-order chi connectivity index (χ0) is 21.6. The molecule has 0 N–H and O–H groups in total. The van der Waals surface area contributed by atoms with Crippen LogP contribution in [0.3, 0.4) is 0 Å². The summed E-state index contributed by atoms with van der Waals surface area (Å²) in [7, 11) is 0. The van der Waals surface area contributed by atoms with Gasteiger partial charge in [-0.15, -0.1) is 0 Å². The van der Waals surface area contributed by atoms with Crippen molar-refractivity contribution in [3.8, 4) is 11.5 Å². The summed E-state index contributed by atoms with van der Waals surface area (Å²) in [5.41, 5.74) is 1.17. The third-order valence-electron chi connectivity index (χ3n) is 5.94. The van der Waals surface area contributed by atoms with Crippen molar-refractivity contribution in [2.45, 2.75) is 85.0 Å². The molecule has 2 nitrogen and oxygen atoms in total. The number of unbranched alkanes of at least 4 members (excludes halogenated alkanes) is 6. The first-order valence-corrected chi connectivity index (χ1v) is 13.2. The molecule has 0 amide bonds. The predicted octanol–water partition coefficient (Wildman–Crippen LogP) is 8.86. The quantitative estimate of drug-likeness (QED) is 0.178. The van der Waals surface area contributed by atoms with Gasteiger partial charge in [0.1, 0.15) is 11.5 Å². The standard InChI is InChI=1S/C27H41BrO2/c1-4-6-15-23(5-2)21-30-27-22(3)20-26(24-16-11-12-17-25(24)27)29-19-14-10-8-7-9-13-18-28/h11-12,16-17,20,23H,4-10,13-15,18-19,21H2,1-3H3. The average Bonchev–Trinajstić information content (AvgIpc) is 2.77. The van der Waals surface area contributed by atoms with Crippen molar-refractivity contribution >= 4 is 26.7 Å². The number of hydrogen-bond donors (Lipinski definition) is 0. The summed E-state index contributed by atoms with van der Waals surface area (Å²) in [6, 6.07) is 10.7. The van der Waals surface area contributed by atoms with E-state index in [4.69, 9.17) is 9.47 Å². The van der Waals surface area contributed by atoms with Crippen LogP contribution in [0.1, 0.15) is 83.6 Å². The van der Waals surface area contributed by atoms with E-state index in [1.807, 2.05) is 0 Å². The topological polar surface area (TPSA) is 18.5 Å². The molecule has 0 saturated heterocycles. The van der Waals surface area contributed by atoms with E-state index < -0.39 is 0 Å². The third-order valence-corrected chi connectivity index (χ3v) is 6.50. The van der Waals surface area contributed by atoms with Gasteiger partial charge < -0.3 is 9.47 Å². The van der Waals surface area contributed by atoms with Crippen molar-refractivity contribution in [3.63, 3.8) is 0 Å². The number of benzene rings is 2. The zero-order valence-corrected chi connectivity index (χ0v) is 20.9. The number of aryl methyl sites for hydroxylation is 1. The molecule has 1 atom stereocenters. The molecular formula is C27H41BrO2. The normalized spacial score (nSPS) is 12.3. The van der Waals surface area contributed by atoms with Gasteiger partial charge in [0.25, 0.3) is 0 Å². The molecular weight excluding hydrogens is 436 g/mol. The third kappa shape index (κ3) is 8.13. The highest BCUT2D eigenvalue weighted by molar-refractivity contribution is 9.09. The second kappa shape index (κ2) is 14.7. The first kappa shape index (κ1) is 25.0. The number of fused-ring (bicyclic) bond motifs is 1. The molecule has 0 radical (unpaired) electrons. The van der Waals surface area contributed by atoms with Gasteiger partial charge in [-0.25, -0.2) is 0 Å². The van der Waals surface area contributed by atoms with Crippen LogP contribution >= 0.6 is 15.9 Å². The van der Waals surface area contributed by atoms with Gasteiger partial charge in [-0.3, -0.25) is 0 Å². The first-order valence-electron chi connectivity index (χ1n) is 12.0. The Morgan fingerprint density at radius 2 is 1.57 bits per heavy atom. The van der Waals surface area contributed by atoms with E-state index in [-0.39, 0.29) is 0 Å². The van der Waals surface area contributed by atoms with Gasteiger partial charge in [-0.2, -0.15) is 0 Å². The highest BCUT2D eigenvalue weighted by Crippen LogP contribution is 2.37. The maximum absolute atomic E-state index is 6.39. The van der Waals surface area contributed by atoms with Gasteiger partial charge in [-0.1, -0.05) is 99.0 Å². The minimum Gasteiger partial charge on any atom is -0.493 e. The molecule has 0 aliphatic heterocycles. The number of halogens is 1. The van der Waals surface area contributed by atoms with E-state index in [1.165, 1.54) is 68.7 Å². The van der Waals surface area contributed by atoms with E-state index in [9.17, 15) is 0 Å². The molecule has 2 aromatic rings. The minimum absolute atomic E-state index is 0.633. The lowest BCUT2D eigenvalue weighted by Crippen LogP contribution is -2.12. The molecule has 0 aliphatic rings. The highest BCUT2D eigenvalue weighted by Gasteiger charge is 2.14. The van der Waals surface area contributed by atoms with Gasteiger partial charge in [0, 0.05) is 16.1 Å². The maximum Gasteiger partial charge on any atom is 0.130 e. The fourth-order valence-electron chi connectivity index (χ4n) is 3.94. The van der Waals surface area contributed by atoms with E-state index in [2.05, 4.69) is 67.0 Å². The van der Waals surface area contributed by atoms with Crippen molar-refractivity contribution in [2.24, 2.45) is 5.92 Å². The SMILES string of the molecule is CCCCC(CC)COc1c(C)cc(OCCCCCCCCBr)c2ccccc12. The second-order valence-electron chi connectivity index (χ2n) is 8.45. The fourth-order valence-corrected chi connectivity index (χ4v) is 4.34. The van der Waals surface area contributed by atoms with Crippen molar-refractivity contribution < 1.29 is 9.47 Å². The Labute approximate surface area is 192 Å². The van der Waals surface area contributed by atoms with Crippen LogP contribution in [-0.4, -0.2) is 18.5 Å². The van der Waals surface area contributed by atoms with E-state index in [0.717, 1.165) is 41.8 Å². The number of hydrogen-bond acceptors (Lipinski definition) is 2. The van der Waals surface area contributed by atoms with E-state index >= 15 is 0 Å². The average molecular weight is 478 g/mol. The van der Waals surface area contributed by atoms with E-state index in [0.29, 0.717) is 5.92 Å². The Morgan fingerprint density at radius 3 is 2.27 bits per heavy atom. The Bertz CT molecular complexity index is 728. The number of alkyl halides is 1. The van der Waals surface area contributed by atoms with Crippen molar-refractivity contribution in [2.75, 3.05) is 18.5 Å². The Hall–Kier alpha value is -1.22. The molecule has 168 valence electrons. The minimum atomic E-state index is 0.633. The van der Waals surface area contributed by atoms with Gasteiger partial charge in [-0.05, 0) is 43.7 Å². The molecule has 1 unspecified atom stereocenters. The van der Waals surface area contributed by atoms with Gasteiger partial charge in [0.05, 0.1) is 13.2 Å². The lowest BCUT2D eigenvalue weighted by Gasteiger charge is -2.19. The van der Waals surface area contributed by atoms with Crippen LogP contribution in [0.4, 0.5) is 0 Å². The predicted molar refractivity (Wildman–Crippen MR) is 134 cm³/mol. The summed E-state index contributed by atoms with van der Waals surface area (Å²) in [6.07, 6.45) is 12.6. The molecule has 2 rings (SSSR count).